The first kappa shape index (κ1) is 10.0. The summed E-state index contributed by atoms with van der Waals surface area (Å²) in [5.41, 5.74) is 0. The minimum atomic E-state index is -0.286. The minimum Gasteiger partial charge on any atom is -0.449 e. The zero-order valence-corrected chi connectivity index (χ0v) is 7.86. The molecule has 0 aromatic rings. The molecule has 0 radical (unpaired) electrons. The highest BCUT2D eigenvalue weighted by Gasteiger charge is 2.30. The summed E-state index contributed by atoms with van der Waals surface area (Å²) in [6.45, 7) is 3.57. The Morgan fingerprint density at radius 3 is 2.85 bits per heavy atom. The Morgan fingerprint density at radius 1 is 1.62 bits per heavy atom. The molecule has 0 saturated carbocycles. The lowest BCUT2D eigenvalue weighted by Crippen LogP contribution is -2.50. The maximum absolute atomic E-state index is 11.1. The van der Waals surface area contributed by atoms with Crippen LogP contribution < -0.4 is 0 Å². The van der Waals surface area contributed by atoms with Crippen molar-refractivity contribution in [1.29, 1.82) is 0 Å². The van der Waals surface area contributed by atoms with E-state index in [1.54, 1.807) is 4.90 Å². The summed E-state index contributed by atoms with van der Waals surface area (Å²) >= 11 is 0. The minimum absolute atomic E-state index is 0.0266. The van der Waals surface area contributed by atoms with Crippen molar-refractivity contribution < 1.29 is 14.3 Å². The van der Waals surface area contributed by atoms with Gasteiger partial charge in [0, 0.05) is 13.1 Å². The second-order valence-electron chi connectivity index (χ2n) is 3.27. The normalized spacial score (nSPS) is 16.5. The molecule has 0 bridgehead atoms. The number of likely N-dealkylation sites (tertiary alicyclic amines) is 1. The van der Waals surface area contributed by atoms with Gasteiger partial charge in [0.05, 0.1) is 12.5 Å². The van der Waals surface area contributed by atoms with E-state index in [1.807, 2.05) is 6.92 Å². The molecule has 0 atom stereocenters. The number of nitrogens with zero attached hydrogens (tertiary/aromatic N) is 1. The number of hydrogen-bond acceptors (Lipinski definition) is 3. The van der Waals surface area contributed by atoms with Gasteiger partial charge in [-0.1, -0.05) is 13.3 Å². The smallest absolute Gasteiger partial charge is 0.409 e. The number of ether oxygens (including phenoxy) is 1. The second kappa shape index (κ2) is 4.84. The lowest BCUT2D eigenvalue weighted by Gasteiger charge is -2.34. The number of unbranched alkanes of at least 4 members (excludes halogenated alkanes) is 1. The van der Waals surface area contributed by atoms with Crippen LogP contribution in [0.3, 0.4) is 0 Å². The van der Waals surface area contributed by atoms with Crippen LogP contribution in [0, 0.1) is 5.92 Å². The molecule has 0 unspecified atom stereocenters. The van der Waals surface area contributed by atoms with Gasteiger partial charge in [0.25, 0.3) is 0 Å². The van der Waals surface area contributed by atoms with E-state index in [-0.39, 0.29) is 12.0 Å². The number of amides is 1. The van der Waals surface area contributed by atoms with Gasteiger partial charge in [-0.05, 0) is 6.42 Å². The van der Waals surface area contributed by atoms with Crippen LogP contribution >= 0.6 is 0 Å². The molecule has 0 N–H and O–H groups in total. The van der Waals surface area contributed by atoms with E-state index >= 15 is 0 Å². The van der Waals surface area contributed by atoms with Crippen molar-refractivity contribution in [2.45, 2.75) is 19.8 Å². The number of rotatable bonds is 4. The molecule has 0 spiro atoms. The fraction of sp³-hybridized carbons (Fsp3) is 0.778. The highest BCUT2D eigenvalue weighted by Crippen LogP contribution is 2.13. The van der Waals surface area contributed by atoms with Crippen molar-refractivity contribution in [2.24, 2.45) is 5.92 Å². The third-order valence-corrected chi connectivity index (χ3v) is 2.08. The van der Waals surface area contributed by atoms with Gasteiger partial charge in [-0.3, -0.25) is 0 Å². The zero-order chi connectivity index (χ0) is 9.68. The molecule has 1 rings (SSSR count). The van der Waals surface area contributed by atoms with E-state index < -0.39 is 0 Å². The first-order chi connectivity index (χ1) is 6.27. The Balaban J connectivity index is 2.08. The molecule has 1 amide bonds. The quantitative estimate of drug-likeness (QED) is 0.486. The lowest BCUT2D eigenvalue weighted by molar-refractivity contribution is -0.114. The number of hydrogen-bond donors (Lipinski definition) is 0. The number of aldehydes is 1. The first-order valence-electron chi connectivity index (χ1n) is 4.65. The summed E-state index contributed by atoms with van der Waals surface area (Å²) in [4.78, 5) is 22.9. The Morgan fingerprint density at radius 2 is 2.31 bits per heavy atom. The van der Waals surface area contributed by atoms with Crippen LogP contribution in [0.4, 0.5) is 4.79 Å². The predicted molar refractivity (Wildman–Crippen MR) is 47.4 cm³/mol. The standard InChI is InChI=1S/C9H15NO3/c1-2-3-4-13-9(12)10-5-8(6-10)7-11/h7-8H,2-6H2,1H3. The molecule has 13 heavy (non-hydrogen) atoms. The van der Waals surface area contributed by atoms with E-state index in [2.05, 4.69) is 0 Å². The van der Waals surface area contributed by atoms with Gasteiger partial charge in [0.1, 0.15) is 6.29 Å². The van der Waals surface area contributed by atoms with Gasteiger partial charge in [0.15, 0.2) is 0 Å². The molecule has 1 aliphatic heterocycles. The fourth-order valence-corrected chi connectivity index (χ4v) is 1.14. The predicted octanol–water partition coefficient (Wildman–Crippen LogP) is 1.05. The molecular weight excluding hydrogens is 170 g/mol. The zero-order valence-electron chi connectivity index (χ0n) is 7.86. The van der Waals surface area contributed by atoms with E-state index in [0.717, 1.165) is 19.1 Å². The summed E-state index contributed by atoms with van der Waals surface area (Å²) in [6.07, 6.45) is 2.52. The highest BCUT2D eigenvalue weighted by molar-refractivity contribution is 5.71. The van der Waals surface area contributed by atoms with Crippen LogP contribution in [-0.4, -0.2) is 37.0 Å². The maximum atomic E-state index is 11.1. The van der Waals surface area contributed by atoms with Crippen molar-refractivity contribution in [3.8, 4) is 0 Å². The van der Waals surface area contributed by atoms with Gasteiger partial charge in [-0.2, -0.15) is 0 Å². The van der Waals surface area contributed by atoms with E-state index in [0.29, 0.717) is 19.7 Å². The molecule has 1 heterocycles. The number of carbonyl (C=O) groups is 2. The summed E-state index contributed by atoms with van der Waals surface area (Å²) in [5.74, 6) is 0.0266. The average Bonchev–Trinajstić information content (AvgIpc) is 2.03. The largest absolute Gasteiger partial charge is 0.449 e. The lowest BCUT2D eigenvalue weighted by atomic mass is 10.0. The van der Waals surface area contributed by atoms with Crippen molar-refractivity contribution in [2.75, 3.05) is 19.7 Å². The first-order valence-corrected chi connectivity index (χ1v) is 4.65. The van der Waals surface area contributed by atoms with Crippen LogP contribution in [0.1, 0.15) is 19.8 Å². The average molecular weight is 185 g/mol. The molecule has 0 aromatic carbocycles. The Hall–Kier alpha value is -1.06. The monoisotopic (exact) mass is 185 g/mol. The van der Waals surface area contributed by atoms with Crippen LogP contribution in [-0.2, 0) is 9.53 Å². The summed E-state index contributed by atoms with van der Waals surface area (Å²) < 4.78 is 4.95. The topological polar surface area (TPSA) is 46.6 Å². The third kappa shape index (κ3) is 2.72. The molecule has 1 aliphatic rings. The molecular formula is C9H15NO3. The van der Waals surface area contributed by atoms with Crippen LogP contribution in [0.25, 0.3) is 0 Å². The van der Waals surface area contributed by atoms with Gasteiger partial charge >= 0.3 is 6.09 Å². The Labute approximate surface area is 77.8 Å². The molecule has 4 nitrogen and oxygen atoms in total. The fourth-order valence-electron chi connectivity index (χ4n) is 1.14. The van der Waals surface area contributed by atoms with E-state index in [9.17, 15) is 9.59 Å². The molecule has 74 valence electrons. The van der Waals surface area contributed by atoms with E-state index in [1.165, 1.54) is 0 Å². The molecule has 1 saturated heterocycles. The summed E-state index contributed by atoms with van der Waals surface area (Å²) in [6, 6.07) is 0. The second-order valence-corrected chi connectivity index (χ2v) is 3.27. The number of carbonyl (C=O) groups excluding carboxylic acids is 2. The van der Waals surface area contributed by atoms with Crippen molar-refractivity contribution in [3.05, 3.63) is 0 Å². The van der Waals surface area contributed by atoms with Crippen LogP contribution in [0.15, 0.2) is 0 Å². The molecule has 0 aliphatic carbocycles. The molecule has 1 fully saturated rings. The van der Waals surface area contributed by atoms with Crippen molar-refractivity contribution in [3.63, 3.8) is 0 Å². The van der Waals surface area contributed by atoms with E-state index in [4.69, 9.17) is 4.74 Å². The van der Waals surface area contributed by atoms with Gasteiger partial charge in [0.2, 0.25) is 0 Å². The van der Waals surface area contributed by atoms with Gasteiger partial charge in [-0.15, -0.1) is 0 Å². The summed E-state index contributed by atoms with van der Waals surface area (Å²) in [7, 11) is 0. The van der Waals surface area contributed by atoms with Crippen LogP contribution in [0.5, 0.6) is 0 Å². The third-order valence-electron chi connectivity index (χ3n) is 2.08. The van der Waals surface area contributed by atoms with Crippen molar-refractivity contribution in [1.82, 2.24) is 4.90 Å². The Bertz CT molecular complexity index is 187. The van der Waals surface area contributed by atoms with Crippen molar-refractivity contribution >= 4 is 12.4 Å². The van der Waals surface area contributed by atoms with Gasteiger partial charge in [-0.25, -0.2) is 4.79 Å². The highest BCUT2D eigenvalue weighted by atomic mass is 16.6. The molecule has 0 aromatic heterocycles. The van der Waals surface area contributed by atoms with Gasteiger partial charge < -0.3 is 14.4 Å². The Kier molecular flexibility index (Phi) is 3.73. The maximum Gasteiger partial charge on any atom is 0.409 e. The SMILES string of the molecule is CCCCOC(=O)N1CC(C=O)C1. The van der Waals surface area contributed by atoms with Crippen LogP contribution in [0.2, 0.25) is 0 Å². The molecule has 4 heteroatoms. The summed E-state index contributed by atoms with van der Waals surface area (Å²) in [5, 5.41) is 0.